The number of rotatable bonds is 7. The molecule has 24 heavy (non-hydrogen) atoms. The molecule has 0 spiro atoms. The summed E-state index contributed by atoms with van der Waals surface area (Å²) in [5.74, 6) is -0.0869. The van der Waals surface area contributed by atoms with Gasteiger partial charge in [-0.05, 0) is 37.6 Å². The van der Waals surface area contributed by atoms with Crippen LogP contribution in [0.1, 0.15) is 75.2 Å². The molecule has 1 aromatic heterocycles. The summed E-state index contributed by atoms with van der Waals surface area (Å²) in [6, 6.07) is 3.44. The summed E-state index contributed by atoms with van der Waals surface area (Å²) in [6.45, 7) is 14.0. The monoisotopic (exact) mass is 332 g/mol. The second kappa shape index (κ2) is 8.02. The molecular weight excluding hydrogens is 300 g/mol. The topological polar surface area (TPSA) is 50.3 Å². The number of carbonyl (C=O) groups is 2. The summed E-state index contributed by atoms with van der Waals surface area (Å²) < 4.78 is 0. The fourth-order valence-corrected chi connectivity index (χ4v) is 2.70. The Kier molecular flexibility index (Phi) is 6.85. The molecule has 0 saturated heterocycles. The average Bonchev–Trinajstić information content (AvgIpc) is 2.43. The van der Waals surface area contributed by atoms with Crippen LogP contribution in [0.15, 0.2) is 18.3 Å². The van der Waals surface area contributed by atoms with Crippen LogP contribution < -0.4 is 0 Å². The molecular formula is C20H32N2O2. The van der Waals surface area contributed by atoms with Gasteiger partial charge in [0.05, 0.1) is 0 Å². The number of hydrogen-bond acceptors (Lipinski definition) is 4. The van der Waals surface area contributed by atoms with Gasteiger partial charge in [-0.25, -0.2) is 0 Å². The molecule has 0 saturated carbocycles. The number of Topliss-reactive ketones (excluding diaryl/α,β-unsaturated/α-hetero) is 2. The van der Waals surface area contributed by atoms with E-state index >= 15 is 0 Å². The lowest BCUT2D eigenvalue weighted by Gasteiger charge is -2.26. The minimum Gasteiger partial charge on any atom is -0.306 e. The first-order chi connectivity index (χ1) is 10.9. The Morgan fingerprint density at radius 3 is 2.29 bits per heavy atom. The first-order valence-electron chi connectivity index (χ1n) is 8.63. The second-order valence-corrected chi connectivity index (χ2v) is 8.80. The van der Waals surface area contributed by atoms with Crippen molar-refractivity contribution < 1.29 is 9.59 Å². The molecule has 0 aliphatic heterocycles. The number of ketones is 2. The molecule has 0 radical (unpaired) electrons. The smallest absolute Gasteiger partial charge is 0.187 e. The van der Waals surface area contributed by atoms with Crippen molar-refractivity contribution in [1.29, 1.82) is 0 Å². The van der Waals surface area contributed by atoms with Gasteiger partial charge in [0.2, 0.25) is 0 Å². The quantitative estimate of drug-likeness (QED) is 0.700. The van der Waals surface area contributed by atoms with Crippen LogP contribution in [-0.2, 0) is 0 Å². The molecule has 0 aromatic carbocycles. The third-order valence-corrected chi connectivity index (χ3v) is 3.69. The first-order valence-corrected chi connectivity index (χ1v) is 8.63. The van der Waals surface area contributed by atoms with Crippen molar-refractivity contribution in [3.63, 3.8) is 0 Å². The molecule has 1 rings (SSSR count). The molecule has 0 aliphatic carbocycles. The van der Waals surface area contributed by atoms with E-state index in [4.69, 9.17) is 0 Å². The van der Waals surface area contributed by atoms with E-state index in [9.17, 15) is 9.59 Å². The van der Waals surface area contributed by atoms with Crippen LogP contribution in [0.25, 0.3) is 0 Å². The highest BCUT2D eigenvalue weighted by Crippen LogP contribution is 2.22. The van der Waals surface area contributed by atoms with Crippen molar-refractivity contribution in [3.05, 3.63) is 29.6 Å². The maximum Gasteiger partial charge on any atom is 0.187 e. The Balaban J connectivity index is 2.71. The number of carbonyl (C=O) groups excluding carboxylic acids is 2. The summed E-state index contributed by atoms with van der Waals surface area (Å²) in [6.07, 6.45) is 2.79. The Bertz CT molecular complexity index is 580. The summed E-state index contributed by atoms with van der Waals surface area (Å²) in [5.41, 5.74) is 0.457. The SMILES string of the molecule is CN(CCCC(=O)c1cccnc1C(=O)C(C)(C)C)CC(C)(C)C. The van der Waals surface area contributed by atoms with Crippen LogP contribution in [0.2, 0.25) is 0 Å². The Labute approximate surface area is 146 Å². The van der Waals surface area contributed by atoms with Gasteiger partial charge in [-0.3, -0.25) is 14.6 Å². The minimum absolute atomic E-state index is 0.000131. The standard InChI is InChI=1S/C20H32N2O2/c1-19(2,3)14-22(7)13-9-11-16(23)15-10-8-12-21-17(15)18(24)20(4,5)6/h8,10,12H,9,11,13-14H2,1-7H3. The van der Waals surface area contributed by atoms with Crippen molar-refractivity contribution in [2.75, 3.05) is 20.1 Å². The summed E-state index contributed by atoms with van der Waals surface area (Å²) in [4.78, 5) is 31.5. The molecule has 4 nitrogen and oxygen atoms in total. The molecule has 0 aliphatic rings. The van der Waals surface area contributed by atoms with Crippen molar-refractivity contribution in [1.82, 2.24) is 9.88 Å². The highest BCUT2D eigenvalue weighted by atomic mass is 16.1. The molecule has 4 heteroatoms. The van der Waals surface area contributed by atoms with Gasteiger partial charge in [-0.15, -0.1) is 0 Å². The lowest BCUT2D eigenvalue weighted by Crippen LogP contribution is -2.30. The molecule has 0 atom stereocenters. The van der Waals surface area contributed by atoms with Crippen molar-refractivity contribution in [3.8, 4) is 0 Å². The predicted molar refractivity (Wildman–Crippen MR) is 98.5 cm³/mol. The van der Waals surface area contributed by atoms with Crippen LogP contribution in [0.5, 0.6) is 0 Å². The van der Waals surface area contributed by atoms with Gasteiger partial charge >= 0.3 is 0 Å². The van der Waals surface area contributed by atoms with Crippen molar-refractivity contribution in [2.24, 2.45) is 10.8 Å². The first kappa shape index (κ1) is 20.5. The number of nitrogens with zero attached hydrogens (tertiary/aromatic N) is 2. The van der Waals surface area contributed by atoms with Crippen molar-refractivity contribution >= 4 is 11.6 Å². The average molecular weight is 332 g/mol. The van der Waals surface area contributed by atoms with Crippen LogP contribution in [0.4, 0.5) is 0 Å². The van der Waals surface area contributed by atoms with E-state index in [2.05, 4.69) is 37.7 Å². The maximum atomic E-state index is 12.6. The van der Waals surface area contributed by atoms with Crippen molar-refractivity contribution in [2.45, 2.75) is 54.4 Å². The van der Waals surface area contributed by atoms with E-state index in [0.717, 1.165) is 19.5 Å². The normalized spacial score (nSPS) is 12.5. The fraction of sp³-hybridized carbons (Fsp3) is 0.650. The molecule has 134 valence electrons. The van der Waals surface area contributed by atoms with Gasteiger partial charge in [-0.1, -0.05) is 41.5 Å². The van der Waals surface area contributed by atoms with E-state index in [1.165, 1.54) is 0 Å². The molecule has 1 heterocycles. The molecule has 0 amide bonds. The third-order valence-electron chi connectivity index (χ3n) is 3.69. The van der Waals surface area contributed by atoms with Gasteiger partial charge in [0.1, 0.15) is 5.69 Å². The largest absolute Gasteiger partial charge is 0.306 e. The number of pyridine rings is 1. The molecule has 0 unspecified atom stereocenters. The Morgan fingerprint density at radius 1 is 1.12 bits per heavy atom. The van der Waals surface area contributed by atoms with Gasteiger partial charge < -0.3 is 4.90 Å². The van der Waals surface area contributed by atoms with E-state index in [1.807, 2.05) is 20.8 Å². The zero-order valence-electron chi connectivity index (χ0n) is 16.3. The lowest BCUT2D eigenvalue weighted by atomic mass is 9.86. The summed E-state index contributed by atoms with van der Waals surface area (Å²) >= 11 is 0. The van der Waals surface area contributed by atoms with Crippen LogP contribution in [-0.4, -0.2) is 41.6 Å². The van der Waals surface area contributed by atoms with Crippen LogP contribution in [0, 0.1) is 10.8 Å². The Hall–Kier alpha value is -1.55. The zero-order valence-corrected chi connectivity index (χ0v) is 16.3. The third kappa shape index (κ3) is 6.52. The van der Waals surface area contributed by atoms with E-state index in [-0.39, 0.29) is 17.0 Å². The fourth-order valence-electron chi connectivity index (χ4n) is 2.70. The molecule has 0 bridgehead atoms. The van der Waals surface area contributed by atoms with Gasteiger partial charge in [-0.2, -0.15) is 0 Å². The van der Waals surface area contributed by atoms with Gasteiger partial charge in [0.25, 0.3) is 0 Å². The van der Waals surface area contributed by atoms with E-state index in [1.54, 1.807) is 18.3 Å². The van der Waals surface area contributed by atoms with Gasteiger partial charge in [0, 0.05) is 30.1 Å². The van der Waals surface area contributed by atoms with Crippen LogP contribution in [0.3, 0.4) is 0 Å². The second-order valence-electron chi connectivity index (χ2n) is 8.80. The number of aromatic nitrogens is 1. The summed E-state index contributed by atoms with van der Waals surface area (Å²) in [5, 5.41) is 0. The lowest BCUT2D eigenvalue weighted by molar-refractivity contribution is 0.0843. The van der Waals surface area contributed by atoms with Crippen LogP contribution >= 0.6 is 0 Å². The molecule has 0 N–H and O–H groups in total. The number of hydrogen-bond donors (Lipinski definition) is 0. The molecule has 1 aromatic rings. The Morgan fingerprint density at radius 2 is 1.75 bits per heavy atom. The minimum atomic E-state index is -0.545. The zero-order chi connectivity index (χ0) is 18.5. The molecule has 0 fully saturated rings. The van der Waals surface area contributed by atoms with Gasteiger partial charge in [0.15, 0.2) is 11.6 Å². The highest BCUT2D eigenvalue weighted by Gasteiger charge is 2.28. The predicted octanol–water partition coefficient (Wildman–Crippen LogP) is 4.25. The van der Waals surface area contributed by atoms with E-state index < -0.39 is 5.41 Å². The maximum absolute atomic E-state index is 12.6. The summed E-state index contributed by atoms with van der Waals surface area (Å²) in [7, 11) is 2.08. The highest BCUT2D eigenvalue weighted by molar-refractivity contribution is 6.09. The van der Waals surface area contributed by atoms with E-state index in [0.29, 0.717) is 17.7 Å².